The molecule has 2 aromatic carbocycles. The lowest BCUT2D eigenvalue weighted by atomic mass is 10.1. The highest BCUT2D eigenvalue weighted by Gasteiger charge is 2.33. The predicted molar refractivity (Wildman–Crippen MR) is 90.2 cm³/mol. The maximum atomic E-state index is 12.9. The van der Waals surface area contributed by atoms with Gasteiger partial charge in [0, 0.05) is 7.05 Å². The van der Waals surface area contributed by atoms with Gasteiger partial charge in [0.25, 0.3) is 0 Å². The van der Waals surface area contributed by atoms with Crippen LogP contribution in [0.1, 0.15) is 33.9 Å². The zero-order valence-corrected chi connectivity index (χ0v) is 14.4. The average molecular weight is 345 g/mol. The summed E-state index contributed by atoms with van der Waals surface area (Å²) in [7, 11) is -0.736. The summed E-state index contributed by atoms with van der Waals surface area (Å²) in [5, 5.41) is 0. The van der Waals surface area contributed by atoms with Gasteiger partial charge in [-0.25, -0.2) is 13.2 Å². The van der Waals surface area contributed by atoms with Crippen LogP contribution in [0.2, 0.25) is 0 Å². The van der Waals surface area contributed by atoms with Crippen molar-refractivity contribution in [2.75, 3.05) is 14.2 Å². The number of methoxy groups -OCH3 is 1. The van der Waals surface area contributed by atoms with Gasteiger partial charge in [0.2, 0.25) is 10.0 Å². The molecule has 1 aliphatic rings. The highest BCUT2D eigenvalue weighted by Crippen LogP contribution is 2.37. The van der Waals surface area contributed by atoms with E-state index in [1.165, 1.54) is 41.2 Å². The SMILES string of the molecule is COC(=O)c1ccc(S(=O)(=O)N(C)C2CCc3ccccc32)cc1. The van der Waals surface area contributed by atoms with Crippen LogP contribution in [0, 0.1) is 0 Å². The molecule has 6 heteroatoms. The van der Waals surface area contributed by atoms with Gasteiger partial charge in [-0.15, -0.1) is 0 Å². The largest absolute Gasteiger partial charge is 0.465 e. The van der Waals surface area contributed by atoms with Crippen molar-refractivity contribution in [1.29, 1.82) is 0 Å². The standard InChI is InChI=1S/C18H19NO4S/c1-19(17-12-9-13-5-3-4-6-16(13)17)24(21,22)15-10-7-14(8-11-15)18(20)23-2/h3-8,10-11,17H,9,12H2,1-2H3. The number of hydrogen-bond donors (Lipinski definition) is 0. The third-order valence-corrected chi connectivity index (χ3v) is 6.37. The Balaban J connectivity index is 1.89. The van der Waals surface area contributed by atoms with Crippen LogP contribution in [0.15, 0.2) is 53.4 Å². The first kappa shape index (κ1) is 16.7. The number of carbonyl (C=O) groups is 1. The normalized spacial score (nSPS) is 16.9. The van der Waals surface area contributed by atoms with Crippen molar-refractivity contribution in [3.05, 3.63) is 65.2 Å². The molecule has 2 aromatic rings. The van der Waals surface area contributed by atoms with Gasteiger partial charge >= 0.3 is 5.97 Å². The molecule has 0 heterocycles. The van der Waals surface area contributed by atoms with Crippen LogP contribution in [0.4, 0.5) is 0 Å². The number of fused-ring (bicyclic) bond motifs is 1. The van der Waals surface area contributed by atoms with Crippen LogP contribution < -0.4 is 0 Å². The highest BCUT2D eigenvalue weighted by molar-refractivity contribution is 7.89. The molecule has 0 fully saturated rings. The first-order valence-corrected chi connectivity index (χ1v) is 9.13. The van der Waals surface area contributed by atoms with Crippen LogP contribution in [-0.4, -0.2) is 32.8 Å². The minimum absolute atomic E-state index is 0.161. The second-order valence-electron chi connectivity index (χ2n) is 5.79. The van der Waals surface area contributed by atoms with E-state index < -0.39 is 16.0 Å². The molecule has 0 aliphatic heterocycles. The number of benzene rings is 2. The summed E-state index contributed by atoms with van der Waals surface area (Å²) >= 11 is 0. The van der Waals surface area contributed by atoms with Crippen LogP contribution in [0.25, 0.3) is 0 Å². The molecule has 3 rings (SSSR count). The number of carbonyl (C=O) groups excluding carboxylic acids is 1. The molecule has 126 valence electrons. The summed E-state index contributed by atoms with van der Waals surface area (Å²) in [5.74, 6) is -0.489. The molecule has 0 radical (unpaired) electrons. The molecule has 24 heavy (non-hydrogen) atoms. The van der Waals surface area contributed by atoms with Gasteiger partial charge in [-0.1, -0.05) is 24.3 Å². The molecule has 0 saturated heterocycles. The van der Waals surface area contributed by atoms with Crippen molar-refractivity contribution >= 4 is 16.0 Å². The molecular weight excluding hydrogens is 326 g/mol. The molecule has 0 N–H and O–H groups in total. The number of ether oxygens (including phenoxy) is 1. The van der Waals surface area contributed by atoms with Crippen molar-refractivity contribution in [3.8, 4) is 0 Å². The minimum atomic E-state index is -3.63. The van der Waals surface area contributed by atoms with E-state index in [1.54, 1.807) is 7.05 Å². The van der Waals surface area contributed by atoms with Crippen molar-refractivity contribution in [3.63, 3.8) is 0 Å². The van der Waals surface area contributed by atoms with Crippen LogP contribution in [0.3, 0.4) is 0 Å². The summed E-state index contributed by atoms with van der Waals surface area (Å²) in [6.45, 7) is 0. The topological polar surface area (TPSA) is 63.7 Å². The Morgan fingerprint density at radius 3 is 2.46 bits per heavy atom. The van der Waals surface area contributed by atoms with Crippen LogP contribution in [-0.2, 0) is 21.2 Å². The molecule has 1 unspecified atom stereocenters. The van der Waals surface area contributed by atoms with Crippen molar-refractivity contribution in [2.24, 2.45) is 0 Å². The van der Waals surface area contributed by atoms with Crippen LogP contribution in [0.5, 0.6) is 0 Å². The molecule has 0 aromatic heterocycles. The van der Waals surface area contributed by atoms with Gasteiger partial charge in [-0.3, -0.25) is 0 Å². The second-order valence-corrected chi connectivity index (χ2v) is 7.79. The average Bonchev–Trinajstić information content (AvgIpc) is 3.04. The van der Waals surface area contributed by atoms with E-state index in [0.29, 0.717) is 5.56 Å². The Morgan fingerprint density at radius 1 is 1.12 bits per heavy atom. The number of sulfonamides is 1. The number of hydrogen-bond acceptors (Lipinski definition) is 4. The molecule has 5 nitrogen and oxygen atoms in total. The fraction of sp³-hybridized carbons (Fsp3) is 0.278. The number of rotatable bonds is 4. The monoisotopic (exact) mass is 345 g/mol. The Morgan fingerprint density at radius 2 is 1.79 bits per heavy atom. The van der Waals surface area contributed by atoms with Gasteiger partial charge in [0.1, 0.15) is 0 Å². The summed E-state index contributed by atoms with van der Waals surface area (Å²) < 4.78 is 31.8. The summed E-state index contributed by atoms with van der Waals surface area (Å²) in [6.07, 6.45) is 1.65. The third kappa shape index (κ3) is 2.83. The molecule has 1 atom stereocenters. The van der Waals surface area contributed by atoms with Gasteiger partial charge in [0.05, 0.1) is 23.6 Å². The van der Waals surface area contributed by atoms with E-state index in [9.17, 15) is 13.2 Å². The van der Waals surface area contributed by atoms with E-state index in [1.807, 2.05) is 24.3 Å². The molecule has 0 amide bonds. The van der Waals surface area contributed by atoms with Crippen molar-refractivity contribution < 1.29 is 17.9 Å². The molecule has 0 spiro atoms. The van der Waals surface area contributed by atoms with E-state index >= 15 is 0 Å². The van der Waals surface area contributed by atoms with E-state index in [4.69, 9.17) is 0 Å². The third-order valence-electron chi connectivity index (χ3n) is 4.49. The zero-order valence-electron chi connectivity index (χ0n) is 13.6. The van der Waals surface area contributed by atoms with Gasteiger partial charge in [0.15, 0.2) is 0 Å². The smallest absolute Gasteiger partial charge is 0.337 e. The number of esters is 1. The molecular formula is C18H19NO4S. The maximum Gasteiger partial charge on any atom is 0.337 e. The first-order chi connectivity index (χ1) is 11.4. The lowest BCUT2D eigenvalue weighted by Gasteiger charge is -2.25. The fourth-order valence-corrected chi connectivity index (χ4v) is 4.49. The fourth-order valence-electron chi connectivity index (χ4n) is 3.13. The van der Waals surface area contributed by atoms with Crippen LogP contribution >= 0.6 is 0 Å². The maximum absolute atomic E-state index is 12.9. The number of aryl methyl sites for hydroxylation is 1. The first-order valence-electron chi connectivity index (χ1n) is 7.69. The van der Waals surface area contributed by atoms with Gasteiger partial charge in [-0.2, -0.15) is 4.31 Å². The lowest BCUT2D eigenvalue weighted by Crippen LogP contribution is -2.30. The quantitative estimate of drug-likeness (QED) is 0.800. The summed E-state index contributed by atoms with van der Waals surface area (Å²) in [5.41, 5.74) is 2.59. The number of nitrogens with zero attached hydrogens (tertiary/aromatic N) is 1. The highest BCUT2D eigenvalue weighted by atomic mass is 32.2. The van der Waals surface area contributed by atoms with E-state index in [0.717, 1.165) is 18.4 Å². The molecule has 0 saturated carbocycles. The molecule has 1 aliphatic carbocycles. The summed E-state index contributed by atoms with van der Waals surface area (Å²) in [6, 6.07) is 13.6. The Hall–Kier alpha value is -2.18. The second kappa shape index (κ2) is 6.37. The van der Waals surface area contributed by atoms with Crippen molar-refractivity contribution in [2.45, 2.75) is 23.8 Å². The van der Waals surface area contributed by atoms with Crippen molar-refractivity contribution in [1.82, 2.24) is 4.31 Å². The molecule has 0 bridgehead atoms. The van der Waals surface area contributed by atoms with Gasteiger partial charge in [-0.05, 0) is 48.2 Å². The Bertz CT molecular complexity index is 859. The van der Waals surface area contributed by atoms with E-state index in [2.05, 4.69) is 4.74 Å². The predicted octanol–water partition coefficient (Wildman–Crippen LogP) is 2.78. The zero-order chi connectivity index (χ0) is 17.3. The Kier molecular flexibility index (Phi) is 4.43. The lowest BCUT2D eigenvalue weighted by molar-refractivity contribution is 0.0600. The van der Waals surface area contributed by atoms with Gasteiger partial charge < -0.3 is 4.74 Å². The van der Waals surface area contributed by atoms with E-state index in [-0.39, 0.29) is 10.9 Å². The Labute approximate surface area is 141 Å². The summed E-state index contributed by atoms with van der Waals surface area (Å²) in [4.78, 5) is 11.6. The minimum Gasteiger partial charge on any atom is -0.465 e.